The monoisotopic (exact) mass is 537 g/mol. The second-order valence-electron chi connectivity index (χ2n) is 9.11. The molecule has 5 rings (SSSR count). The van der Waals surface area contributed by atoms with Crippen LogP contribution in [0.5, 0.6) is 0 Å². The van der Waals surface area contributed by atoms with Crippen LogP contribution >= 0.6 is 11.8 Å². The van der Waals surface area contributed by atoms with Gasteiger partial charge in [0.1, 0.15) is 5.82 Å². The zero-order valence-corrected chi connectivity index (χ0v) is 22.2. The molecule has 0 aliphatic heterocycles. The third kappa shape index (κ3) is 6.72. The van der Waals surface area contributed by atoms with Gasteiger partial charge in [-0.2, -0.15) is 0 Å². The van der Waals surface area contributed by atoms with Crippen molar-refractivity contribution in [1.29, 1.82) is 0 Å². The fourth-order valence-electron chi connectivity index (χ4n) is 4.19. The van der Waals surface area contributed by atoms with Gasteiger partial charge in [0.2, 0.25) is 0 Å². The lowest BCUT2D eigenvalue weighted by molar-refractivity contribution is 0.247. The summed E-state index contributed by atoms with van der Waals surface area (Å²) in [5.41, 5.74) is 4.32. The molecule has 2 amide bonds. The number of nitrogens with zero attached hydrogens (tertiary/aromatic N) is 3. The number of carbonyl (C=O) groups is 1. The summed E-state index contributed by atoms with van der Waals surface area (Å²) in [4.78, 5) is 13.1. The molecule has 39 heavy (non-hydrogen) atoms. The standard InChI is InChI=1S/C31H28FN5OS/c1-22-16-18-25(19-17-22)37-29(35-36-31(37)39-21-24-12-6-3-7-13-24)28(20-23-10-4-2-5-11-23)34-30(38)33-27-15-9-8-14-26(27)32/h2-19,28H,20-21H2,1H3,(H2,33,34,38). The number of anilines is 1. The number of urea groups is 1. The molecule has 5 aromatic rings. The largest absolute Gasteiger partial charge is 0.327 e. The van der Waals surface area contributed by atoms with Crippen LogP contribution < -0.4 is 10.6 Å². The number of nitrogens with one attached hydrogen (secondary N) is 2. The van der Waals surface area contributed by atoms with Gasteiger partial charge in [-0.3, -0.25) is 4.57 Å². The Bertz CT molecular complexity index is 1520. The number of aryl methyl sites for hydroxylation is 1. The van der Waals surface area contributed by atoms with Gasteiger partial charge < -0.3 is 10.6 Å². The Morgan fingerprint density at radius 2 is 1.49 bits per heavy atom. The normalized spacial score (nSPS) is 11.6. The van der Waals surface area contributed by atoms with E-state index in [1.54, 1.807) is 23.9 Å². The van der Waals surface area contributed by atoms with Gasteiger partial charge in [-0.15, -0.1) is 10.2 Å². The maximum Gasteiger partial charge on any atom is 0.319 e. The first kappa shape index (κ1) is 26.2. The van der Waals surface area contributed by atoms with Crippen molar-refractivity contribution in [3.05, 3.63) is 138 Å². The highest BCUT2D eigenvalue weighted by Gasteiger charge is 2.25. The lowest BCUT2D eigenvalue weighted by Gasteiger charge is -2.21. The van der Waals surface area contributed by atoms with Crippen LogP contribution in [0.2, 0.25) is 0 Å². The number of hydrogen-bond acceptors (Lipinski definition) is 4. The molecule has 0 bridgehead atoms. The predicted molar refractivity (Wildman–Crippen MR) is 154 cm³/mol. The van der Waals surface area contributed by atoms with E-state index in [9.17, 15) is 9.18 Å². The molecular weight excluding hydrogens is 509 g/mol. The van der Waals surface area contributed by atoms with Gasteiger partial charge in [0, 0.05) is 17.9 Å². The molecule has 0 spiro atoms. The minimum absolute atomic E-state index is 0.104. The molecule has 1 atom stereocenters. The molecule has 1 aromatic heterocycles. The van der Waals surface area contributed by atoms with Crippen LogP contribution in [0.15, 0.2) is 114 Å². The Hall–Kier alpha value is -4.43. The SMILES string of the molecule is Cc1ccc(-n2c(SCc3ccccc3)nnc2C(Cc2ccccc2)NC(=O)Nc2ccccc2F)cc1. The number of benzene rings is 4. The van der Waals surface area contributed by atoms with Crippen molar-refractivity contribution in [3.63, 3.8) is 0 Å². The number of amides is 2. The van der Waals surface area contributed by atoms with Crippen LogP contribution in [0.4, 0.5) is 14.9 Å². The molecule has 0 aliphatic carbocycles. The van der Waals surface area contributed by atoms with Crippen LogP contribution in [0, 0.1) is 12.7 Å². The summed E-state index contributed by atoms with van der Waals surface area (Å²) >= 11 is 1.58. The van der Waals surface area contributed by atoms with Crippen molar-refractivity contribution < 1.29 is 9.18 Å². The second-order valence-corrected chi connectivity index (χ2v) is 10.0. The molecular formula is C31H28FN5OS. The van der Waals surface area contributed by atoms with E-state index in [1.165, 1.54) is 17.7 Å². The highest BCUT2D eigenvalue weighted by Crippen LogP contribution is 2.29. The van der Waals surface area contributed by atoms with Crippen molar-refractivity contribution >= 4 is 23.5 Å². The van der Waals surface area contributed by atoms with Crippen molar-refractivity contribution in [1.82, 2.24) is 20.1 Å². The van der Waals surface area contributed by atoms with Gasteiger partial charge in [0.05, 0.1) is 11.7 Å². The number of rotatable bonds is 9. The molecule has 6 nitrogen and oxygen atoms in total. The third-order valence-corrected chi connectivity index (χ3v) is 7.18. The first-order valence-corrected chi connectivity index (χ1v) is 13.6. The van der Waals surface area contributed by atoms with E-state index in [1.807, 2.05) is 84.3 Å². The van der Waals surface area contributed by atoms with Gasteiger partial charge in [-0.25, -0.2) is 9.18 Å². The summed E-state index contributed by atoms with van der Waals surface area (Å²) in [6.45, 7) is 2.04. The summed E-state index contributed by atoms with van der Waals surface area (Å²) in [5.74, 6) is 0.798. The summed E-state index contributed by atoms with van der Waals surface area (Å²) in [6, 6.07) is 33.2. The summed E-state index contributed by atoms with van der Waals surface area (Å²) in [7, 11) is 0. The minimum atomic E-state index is -0.543. The first-order chi connectivity index (χ1) is 19.1. The topological polar surface area (TPSA) is 71.8 Å². The predicted octanol–water partition coefficient (Wildman–Crippen LogP) is 7.11. The van der Waals surface area contributed by atoms with Crippen molar-refractivity contribution in [2.24, 2.45) is 0 Å². The average Bonchev–Trinajstić information content (AvgIpc) is 3.38. The molecule has 8 heteroatoms. The third-order valence-electron chi connectivity index (χ3n) is 6.18. The highest BCUT2D eigenvalue weighted by atomic mass is 32.2. The maximum atomic E-state index is 14.2. The van der Waals surface area contributed by atoms with E-state index >= 15 is 0 Å². The van der Waals surface area contributed by atoms with Gasteiger partial charge >= 0.3 is 6.03 Å². The fourth-order valence-corrected chi connectivity index (χ4v) is 5.11. The Morgan fingerprint density at radius 3 is 2.18 bits per heavy atom. The second kappa shape index (κ2) is 12.4. The highest BCUT2D eigenvalue weighted by molar-refractivity contribution is 7.98. The van der Waals surface area contributed by atoms with Gasteiger partial charge in [-0.1, -0.05) is 102 Å². The Kier molecular flexibility index (Phi) is 8.33. The number of hydrogen-bond donors (Lipinski definition) is 2. The Labute approximate surface area is 231 Å². The number of aromatic nitrogens is 3. The number of carbonyl (C=O) groups excluding carboxylic acids is 1. The molecule has 1 heterocycles. The van der Waals surface area contributed by atoms with Gasteiger partial charge in [0.25, 0.3) is 0 Å². The molecule has 0 radical (unpaired) electrons. The molecule has 4 aromatic carbocycles. The Balaban J connectivity index is 1.50. The van der Waals surface area contributed by atoms with Crippen LogP contribution in [-0.2, 0) is 12.2 Å². The molecule has 0 fully saturated rings. The minimum Gasteiger partial charge on any atom is -0.327 e. The van der Waals surface area contributed by atoms with Crippen molar-refractivity contribution in [2.45, 2.75) is 30.3 Å². The molecule has 0 aliphatic rings. The lowest BCUT2D eigenvalue weighted by atomic mass is 10.1. The molecule has 1 unspecified atom stereocenters. The van der Waals surface area contributed by atoms with Crippen molar-refractivity contribution in [3.8, 4) is 5.69 Å². The smallest absolute Gasteiger partial charge is 0.319 e. The quantitative estimate of drug-likeness (QED) is 0.197. The maximum absolute atomic E-state index is 14.2. The van der Waals surface area contributed by atoms with E-state index in [2.05, 4.69) is 33.0 Å². The van der Waals surface area contributed by atoms with E-state index in [4.69, 9.17) is 0 Å². The van der Waals surface area contributed by atoms with Crippen LogP contribution in [0.3, 0.4) is 0 Å². The van der Waals surface area contributed by atoms with Crippen LogP contribution in [0.25, 0.3) is 5.69 Å². The lowest BCUT2D eigenvalue weighted by Crippen LogP contribution is -2.35. The fraction of sp³-hybridized carbons (Fsp3) is 0.129. The van der Waals surface area contributed by atoms with E-state index in [0.717, 1.165) is 22.6 Å². The van der Waals surface area contributed by atoms with E-state index in [0.29, 0.717) is 17.4 Å². The Morgan fingerprint density at radius 1 is 0.846 bits per heavy atom. The first-order valence-electron chi connectivity index (χ1n) is 12.6. The zero-order valence-electron chi connectivity index (χ0n) is 21.4. The van der Waals surface area contributed by atoms with Gasteiger partial charge in [-0.05, 0) is 42.3 Å². The van der Waals surface area contributed by atoms with Gasteiger partial charge in [0.15, 0.2) is 11.0 Å². The molecule has 0 saturated heterocycles. The number of thioether (sulfide) groups is 1. The average molecular weight is 538 g/mol. The summed E-state index contributed by atoms with van der Waals surface area (Å²) in [5, 5.41) is 15.5. The summed E-state index contributed by atoms with van der Waals surface area (Å²) < 4.78 is 16.2. The molecule has 2 N–H and O–H groups in total. The van der Waals surface area contributed by atoms with Crippen LogP contribution in [0.1, 0.15) is 28.6 Å². The summed E-state index contributed by atoms with van der Waals surface area (Å²) in [6.07, 6.45) is 0.471. The van der Waals surface area contributed by atoms with Crippen LogP contribution in [-0.4, -0.2) is 20.8 Å². The zero-order chi connectivity index (χ0) is 27.0. The number of para-hydroxylation sites is 1. The molecule has 196 valence electrons. The van der Waals surface area contributed by atoms with Crippen molar-refractivity contribution in [2.75, 3.05) is 5.32 Å². The number of halogens is 1. The van der Waals surface area contributed by atoms with E-state index in [-0.39, 0.29) is 5.69 Å². The molecule has 0 saturated carbocycles. The van der Waals surface area contributed by atoms with E-state index < -0.39 is 17.9 Å².